The van der Waals surface area contributed by atoms with Gasteiger partial charge < -0.3 is 14.8 Å². The first-order chi connectivity index (χ1) is 24.1. The van der Waals surface area contributed by atoms with Crippen LogP contribution in [-0.4, -0.2) is 88.5 Å². The average molecular weight is 680 g/mol. The molecule has 50 heavy (non-hydrogen) atoms. The van der Waals surface area contributed by atoms with E-state index in [4.69, 9.17) is 0 Å². The lowest BCUT2D eigenvalue weighted by atomic mass is 9.76. The van der Waals surface area contributed by atoms with E-state index in [2.05, 4.69) is 50.2 Å². The molecule has 3 saturated heterocycles. The van der Waals surface area contributed by atoms with Gasteiger partial charge in [-0.1, -0.05) is 26.0 Å². The summed E-state index contributed by atoms with van der Waals surface area (Å²) in [4.78, 5) is 47.4. The van der Waals surface area contributed by atoms with Crippen molar-refractivity contribution in [3.63, 3.8) is 0 Å². The predicted octanol–water partition coefficient (Wildman–Crippen LogP) is 5.41. The van der Waals surface area contributed by atoms with E-state index in [9.17, 15) is 14.4 Å². The molecule has 8 rings (SSSR count). The lowest BCUT2D eigenvalue weighted by molar-refractivity contribution is -0.134. The van der Waals surface area contributed by atoms with Gasteiger partial charge in [0, 0.05) is 80.0 Å². The fourth-order valence-corrected chi connectivity index (χ4v) is 8.50. The van der Waals surface area contributed by atoms with Crippen molar-refractivity contribution in [1.82, 2.24) is 30.3 Å². The van der Waals surface area contributed by atoms with Gasteiger partial charge in [0.15, 0.2) is 0 Å². The number of benzene rings is 2. The van der Waals surface area contributed by atoms with Gasteiger partial charge in [-0.2, -0.15) is 5.10 Å². The van der Waals surface area contributed by atoms with E-state index in [-0.39, 0.29) is 35.4 Å². The summed E-state index contributed by atoms with van der Waals surface area (Å²) in [5.74, 6) is -0.826. The minimum absolute atomic E-state index is 0.0704. The molecule has 4 aromatic rings. The van der Waals surface area contributed by atoms with Gasteiger partial charge in [0.05, 0.1) is 17.3 Å². The molecule has 4 aliphatic rings. The standard InChI is InChI=1S/C39H46FN7O3/c1-39(2)12-9-29-33(22-39)43-44-36(29)32-20-26-3-4-27(21-31(26)41-32)38(50)47-17-15-45(16-18-47)23-24-10-13-46(14-11-24)34-7-5-25(19-30(34)40)28-6-8-35(48)42-37(28)49/h3-5,7,19-21,24,28,41H,6,8-18,22-23H2,1-2H3,(H,43,44)(H,42,48,49). The van der Waals surface area contributed by atoms with Gasteiger partial charge in [0.2, 0.25) is 11.8 Å². The number of nitrogens with one attached hydrogen (secondary N) is 3. The maximum atomic E-state index is 15.2. The van der Waals surface area contributed by atoms with E-state index in [0.717, 1.165) is 87.1 Å². The van der Waals surface area contributed by atoms with Crippen molar-refractivity contribution in [2.75, 3.05) is 50.7 Å². The Morgan fingerprint density at radius 2 is 1.76 bits per heavy atom. The normalized spacial score (nSPS) is 21.8. The number of halogens is 1. The number of aromatic nitrogens is 3. The van der Waals surface area contributed by atoms with Gasteiger partial charge in [0.25, 0.3) is 5.91 Å². The number of rotatable bonds is 6. The van der Waals surface area contributed by atoms with Gasteiger partial charge in [0.1, 0.15) is 11.5 Å². The lowest BCUT2D eigenvalue weighted by Gasteiger charge is -2.39. The molecule has 11 heteroatoms. The van der Waals surface area contributed by atoms with E-state index in [1.807, 2.05) is 29.2 Å². The summed E-state index contributed by atoms with van der Waals surface area (Å²) in [6, 6.07) is 13.2. The number of imide groups is 1. The fourth-order valence-electron chi connectivity index (χ4n) is 8.50. The average Bonchev–Trinajstić information content (AvgIpc) is 3.71. The molecule has 2 aromatic carbocycles. The summed E-state index contributed by atoms with van der Waals surface area (Å²) >= 11 is 0. The molecule has 0 spiro atoms. The number of H-pyrrole nitrogens is 2. The van der Waals surface area contributed by atoms with Crippen molar-refractivity contribution >= 4 is 34.3 Å². The minimum Gasteiger partial charge on any atom is -0.369 e. The quantitative estimate of drug-likeness (QED) is 0.235. The molecule has 1 unspecified atom stereocenters. The maximum Gasteiger partial charge on any atom is 0.254 e. The lowest BCUT2D eigenvalue weighted by Crippen LogP contribution is -2.50. The summed E-state index contributed by atoms with van der Waals surface area (Å²) < 4.78 is 15.2. The molecule has 0 bridgehead atoms. The van der Waals surface area contributed by atoms with Crippen LogP contribution in [0.4, 0.5) is 10.1 Å². The zero-order chi connectivity index (χ0) is 34.6. The van der Waals surface area contributed by atoms with Crippen LogP contribution in [0.1, 0.15) is 79.0 Å². The van der Waals surface area contributed by atoms with Crippen LogP contribution in [0.25, 0.3) is 22.3 Å². The maximum absolute atomic E-state index is 15.2. The molecule has 3 fully saturated rings. The Hall–Kier alpha value is -4.51. The Morgan fingerprint density at radius 3 is 2.52 bits per heavy atom. The summed E-state index contributed by atoms with van der Waals surface area (Å²) in [5.41, 5.74) is 7.67. The number of carbonyl (C=O) groups excluding carboxylic acids is 3. The second-order valence-electron chi connectivity index (χ2n) is 15.6. The number of hydrogen-bond acceptors (Lipinski definition) is 6. The van der Waals surface area contributed by atoms with E-state index < -0.39 is 5.92 Å². The number of hydrogen-bond donors (Lipinski definition) is 3. The van der Waals surface area contributed by atoms with Crippen LogP contribution in [0.2, 0.25) is 0 Å². The Morgan fingerprint density at radius 1 is 0.960 bits per heavy atom. The molecular formula is C39H46FN7O3. The molecule has 1 atom stereocenters. The second kappa shape index (κ2) is 13.0. The first-order valence-corrected chi connectivity index (χ1v) is 18.2. The van der Waals surface area contributed by atoms with Gasteiger partial charge in [-0.05, 0) is 85.8 Å². The van der Waals surface area contributed by atoms with Gasteiger partial charge in [-0.25, -0.2) is 4.39 Å². The van der Waals surface area contributed by atoms with E-state index in [0.29, 0.717) is 42.2 Å². The molecule has 0 radical (unpaired) electrons. The molecule has 5 heterocycles. The third-order valence-electron chi connectivity index (χ3n) is 11.5. The first kappa shape index (κ1) is 32.7. The number of piperidine rings is 2. The van der Waals surface area contributed by atoms with Crippen molar-refractivity contribution in [2.24, 2.45) is 11.3 Å². The summed E-state index contributed by atoms with van der Waals surface area (Å²) in [5, 5.41) is 11.4. The highest BCUT2D eigenvalue weighted by molar-refractivity contribution is 6.01. The largest absolute Gasteiger partial charge is 0.369 e. The number of aromatic amines is 2. The van der Waals surface area contributed by atoms with Gasteiger partial charge >= 0.3 is 0 Å². The van der Waals surface area contributed by atoms with Crippen LogP contribution >= 0.6 is 0 Å². The van der Waals surface area contributed by atoms with E-state index in [1.165, 1.54) is 17.3 Å². The van der Waals surface area contributed by atoms with Crippen molar-refractivity contribution in [2.45, 2.75) is 64.7 Å². The Kier molecular flexibility index (Phi) is 8.49. The minimum atomic E-state index is -0.486. The molecule has 3 N–H and O–H groups in total. The highest BCUT2D eigenvalue weighted by Crippen LogP contribution is 2.38. The third-order valence-corrected chi connectivity index (χ3v) is 11.5. The number of nitrogens with zero attached hydrogens (tertiary/aromatic N) is 4. The van der Waals surface area contributed by atoms with Gasteiger partial charge in [-0.15, -0.1) is 0 Å². The SMILES string of the molecule is CC1(C)CCc2c(-c3cc4ccc(C(=O)N5CCN(CC6CCN(c7ccc(C8CCC(=O)NC8=O)cc7F)CC6)CC5)cc4[nH]3)n[nH]c2C1. The summed E-state index contributed by atoms with van der Waals surface area (Å²) in [6.07, 6.45) is 5.81. The molecule has 0 saturated carbocycles. The summed E-state index contributed by atoms with van der Waals surface area (Å²) in [7, 11) is 0. The van der Waals surface area contributed by atoms with Crippen LogP contribution in [0.5, 0.6) is 0 Å². The van der Waals surface area contributed by atoms with Crippen molar-refractivity contribution in [1.29, 1.82) is 0 Å². The van der Waals surface area contributed by atoms with Crippen LogP contribution < -0.4 is 10.2 Å². The number of piperazine rings is 1. The van der Waals surface area contributed by atoms with Crippen LogP contribution in [0.3, 0.4) is 0 Å². The molecule has 3 amide bonds. The third kappa shape index (κ3) is 6.43. The Labute approximate surface area is 291 Å². The van der Waals surface area contributed by atoms with Crippen LogP contribution in [-0.2, 0) is 22.4 Å². The second-order valence-corrected chi connectivity index (χ2v) is 15.6. The Bertz CT molecular complexity index is 1950. The summed E-state index contributed by atoms with van der Waals surface area (Å²) in [6.45, 7) is 10.3. The van der Waals surface area contributed by atoms with E-state index in [1.54, 1.807) is 6.07 Å². The zero-order valence-electron chi connectivity index (χ0n) is 29.0. The molecule has 2 aromatic heterocycles. The highest BCUT2D eigenvalue weighted by atomic mass is 19.1. The molecule has 1 aliphatic carbocycles. The number of fused-ring (bicyclic) bond motifs is 2. The Balaban J connectivity index is 0.829. The van der Waals surface area contributed by atoms with Crippen molar-refractivity contribution in [3.05, 3.63) is 70.7 Å². The zero-order valence-corrected chi connectivity index (χ0v) is 29.0. The molecule has 262 valence electrons. The van der Waals surface area contributed by atoms with Gasteiger partial charge in [-0.3, -0.25) is 29.7 Å². The smallest absolute Gasteiger partial charge is 0.254 e. The van der Waals surface area contributed by atoms with Crippen molar-refractivity contribution in [3.8, 4) is 11.4 Å². The molecular weight excluding hydrogens is 633 g/mol. The molecule has 3 aliphatic heterocycles. The topological polar surface area (TPSA) is 117 Å². The number of anilines is 1. The van der Waals surface area contributed by atoms with Crippen LogP contribution in [0.15, 0.2) is 42.5 Å². The molecule has 10 nitrogen and oxygen atoms in total. The van der Waals surface area contributed by atoms with Crippen LogP contribution in [0, 0.1) is 17.2 Å². The highest BCUT2D eigenvalue weighted by Gasteiger charge is 2.32. The van der Waals surface area contributed by atoms with Crippen molar-refractivity contribution < 1.29 is 18.8 Å². The first-order valence-electron chi connectivity index (χ1n) is 18.2. The fraction of sp³-hybridized carbons (Fsp3) is 0.487. The predicted molar refractivity (Wildman–Crippen MR) is 190 cm³/mol. The number of carbonyl (C=O) groups is 3. The monoisotopic (exact) mass is 679 g/mol. The number of amides is 3. The van der Waals surface area contributed by atoms with E-state index >= 15 is 4.39 Å².